The number of hydrogen-bond donors (Lipinski definition) is 2. The Morgan fingerprint density at radius 1 is 0.852 bits per heavy atom. The Morgan fingerprint density at radius 3 is 2.00 bits per heavy atom. The van der Waals surface area contributed by atoms with E-state index in [1.54, 1.807) is 18.2 Å². The first-order valence-corrected chi connectivity index (χ1v) is 8.09. The average Bonchev–Trinajstić information content (AvgIpc) is 2.64. The lowest BCUT2D eigenvalue weighted by atomic mass is 10.2. The van der Waals surface area contributed by atoms with Gasteiger partial charge in [-0.2, -0.15) is 13.2 Å². The highest BCUT2D eigenvalue weighted by Crippen LogP contribution is 2.30. The molecule has 1 amide bonds. The second kappa shape index (κ2) is 7.49. The fraction of sp³-hybridized carbons (Fsp3) is 0.100. The van der Waals surface area contributed by atoms with Crippen LogP contribution in [0.4, 0.5) is 30.2 Å². The largest absolute Gasteiger partial charge is 0.416 e. The van der Waals surface area contributed by atoms with Gasteiger partial charge in [-0.15, -0.1) is 0 Å². The highest BCUT2D eigenvalue weighted by Gasteiger charge is 2.29. The number of nitrogens with zero attached hydrogens (tertiary/aromatic N) is 1. The molecule has 2 N–H and O–H groups in total. The van der Waals surface area contributed by atoms with E-state index >= 15 is 0 Å². The number of carbonyl (C=O) groups excluding carboxylic acids is 1. The summed E-state index contributed by atoms with van der Waals surface area (Å²) in [5.74, 6) is -0.347. The molecule has 0 atom stereocenters. The molecule has 0 spiro atoms. The van der Waals surface area contributed by atoms with Gasteiger partial charge in [-0.3, -0.25) is 4.79 Å². The van der Waals surface area contributed by atoms with Gasteiger partial charge in [-0.05, 0) is 55.5 Å². The van der Waals surface area contributed by atoms with Gasteiger partial charge in [0.25, 0.3) is 5.91 Å². The topological polar surface area (TPSA) is 54.0 Å². The predicted molar refractivity (Wildman–Crippen MR) is 98.1 cm³/mol. The van der Waals surface area contributed by atoms with Crippen LogP contribution in [0, 0.1) is 6.92 Å². The number of aromatic nitrogens is 1. The first-order valence-electron chi connectivity index (χ1n) is 8.09. The molecule has 0 bridgehead atoms. The Hall–Kier alpha value is -3.35. The van der Waals surface area contributed by atoms with Crippen molar-refractivity contribution in [2.45, 2.75) is 13.1 Å². The number of halogens is 3. The molecule has 7 heteroatoms. The number of alkyl halides is 3. The highest BCUT2D eigenvalue weighted by atomic mass is 19.4. The van der Waals surface area contributed by atoms with Gasteiger partial charge >= 0.3 is 6.18 Å². The minimum atomic E-state index is -4.37. The van der Waals surface area contributed by atoms with Crippen LogP contribution in [0.15, 0.2) is 66.9 Å². The van der Waals surface area contributed by atoms with Crippen molar-refractivity contribution < 1.29 is 18.0 Å². The number of amides is 1. The number of carbonyl (C=O) groups is 1. The molecular weight excluding hydrogens is 355 g/mol. The van der Waals surface area contributed by atoms with E-state index in [4.69, 9.17) is 0 Å². The first-order chi connectivity index (χ1) is 12.8. The number of pyridine rings is 1. The molecule has 1 heterocycles. The Labute approximate surface area is 154 Å². The number of benzene rings is 2. The summed E-state index contributed by atoms with van der Waals surface area (Å²) in [6, 6.07) is 15.2. The molecule has 2 aromatic carbocycles. The molecule has 0 aliphatic rings. The first kappa shape index (κ1) is 18.4. The molecule has 138 valence electrons. The molecule has 3 aromatic rings. The van der Waals surface area contributed by atoms with Crippen LogP contribution < -0.4 is 10.6 Å². The van der Waals surface area contributed by atoms with Crippen molar-refractivity contribution in [1.82, 2.24) is 4.98 Å². The summed E-state index contributed by atoms with van der Waals surface area (Å²) < 4.78 is 37.7. The third-order valence-corrected chi connectivity index (χ3v) is 3.81. The van der Waals surface area contributed by atoms with E-state index < -0.39 is 11.7 Å². The van der Waals surface area contributed by atoms with Crippen molar-refractivity contribution in [1.29, 1.82) is 0 Å². The van der Waals surface area contributed by atoms with Crippen LogP contribution in [0.5, 0.6) is 0 Å². The van der Waals surface area contributed by atoms with E-state index in [0.717, 1.165) is 17.7 Å². The maximum Gasteiger partial charge on any atom is 0.416 e. The normalized spacial score (nSPS) is 11.1. The zero-order chi connectivity index (χ0) is 19.4. The lowest BCUT2D eigenvalue weighted by molar-refractivity contribution is -0.137. The number of rotatable bonds is 4. The van der Waals surface area contributed by atoms with Crippen LogP contribution in [0.1, 0.15) is 21.6 Å². The van der Waals surface area contributed by atoms with E-state index in [1.165, 1.54) is 24.4 Å². The van der Waals surface area contributed by atoms with Gasteiger partial charge in [0.1, 0.15) is 5.69 Å². The van der Waals surface area contributed by atoms with Crippen LogP contribution >= 0.6 is 0 Å². The number of anilines is 3. The smallest absolute Gasteiger partial charge is 0.354 e. The molecule has 27 heavy (non-hydrogen) atoms. The maximum atomic E-state index is 12.6. The predicted octanol–water partition coefficient (Wildman–Crippen LogP) is 5.40. The van der Waals surface area contributed by atoms with Gasteiger partial charge < -0.3 is 10.6 Å². The van der Waals surface area contributed by atoms with Crippen LogP contribution in [0.2, 0.25) is 0 Å². The highest BCUT2D eigenvalue weighted by molar-refractivity contribution is 6.02. The van der Waals surface area contributed by atoms with Gasteiger partial charge in [-0.1, -0.05) is 17.7 Å². The number of nitrogens with one attached hydrogen (secondary N) is 2. The average molecular weight is 371 g/mol. The van der Waals surface area contributed by atoms with E-state index in [1.807, 2.05) is 19.1 Å². The molecule has 4 nitrogen and oxygen atoms in total. The molecule has 1 aromatic heterocycles. The number of hydrogen-bond acceptors (Lipinski definition) is 3. The Kier molecular flexibility index (Phi) is 5.12. The summed E-state index contributed by atoms with van der Waals surface area (Å²) in [5, 5.41) is 5.69. The molecule has 0 aliphatic heterocycles. The minimum absolute atomic E-state index is 0.230. The summed E-state index contributed by atoms with van der Waals surface area (Å²) in [7, 11) is 0. The van der Waals surface area contributed by atoms with E-state index in [9.17, 15) is 18.0 Å². The van der Waals surface area contributed by atoms with Crippen molar-refractivity contribution >= 4 is 23.0 Å². The Morgan fingerprint density at radius 2 is 1.44 bits per heavy atom. The Balaban J connectivity index is 1.64. The van der Waals surface area contributed by atoms with Gasteiger partial charge in [0.2, 0.25) is 0 Å². The second-order valence-electron chi connectivity index (χ2n) is 5.95. The zero-order valence-electron chi connectivity index (χ0n) is 14.3. The van der Waals surface area contributed by atoms with Crippen molar-refractivity contribution in [3.63, 3.8) is 0 Å². The fourth-order valence-electron chi connectivity index (χ4n) is 2.34. The molecular formula is C20H16F3N3O. The zero-order valence-corrected chi connectivity index (χ0v) is 14.3. The van der Waals surface area contributed by atoms with Gasteiger partial charge in [0.05, 0.1) is 17.4 Å². The molecule has 0 unspecified atom stereocenters. The third kappa shape index (κ3) is 4.84. The van der Waals surface area contributed by atoms with Gasteiger partial charge in [0, 0.05) is 11.4 Å². The van der Waals surface area contributed by atoms with Crippen LogP contribution in [0.25, 0.3) is 0 Å². The maximum absolute atomic E-state index is 12.6. The summed E-state index contributed by atoms with van der Waals surface area (Å²) >= 11 is 0. The van der Waals surface area contributed by atoms with Gasteiger partial charge in [0.15, 0.2) is 0 Å². The van der Waals surface area contributed by atoms with Crippen molar-refractivity contribution in [3.8, 4) is 0 Å². The molecule has 0 saturated heterocycles. The molecule has 0 radical (unpaired) electrons. The number of aryl methyl sites for hydroxylation is 1. The van der Waals surface area contributed by atoms with E-state index in [-0.39, 0.29) is 11.6 Å². The fourth-order valence-corrected chi connectivity index (χ4v) is 2.34. The second-order valence-corrected chi connectivity index (χ2v) is 5.95. The quantitative estimate of drug-likeness (QED) is 0.645. The van der Waals surface area contributed by atoms with Gasteiger partial charge in [-0.25, -0.2) is 4.98 Å². The van der Waals surface area contributed by atoms with E-state index in [2.05, 4.69) is 15.6 Å². The summed E-state index contributed by atoms with van der Waals surface area (Å²) in [6.45, 7) is 1.95. The van der Waals surface area contributed by atoms with Crippen LogP contribution in [-0.2, 0) is 6.18 Å². The van der Waals surface area contributed by atoms with Crippen LogP contribution in [0.3, 0.4) is 0 Å². The summed E-state index contributed by atoms with van der Waals surface area (Å²) in [5.41, 5.74) is 2.32. The third-order valence-electron chi connectivity index (χ3n) is 3.81. The molecule has 0 aliphatic carbocycles. The molecule has 0 saturated carbocycles. The standard InChI is InChI=1S/C20H16F3N3O/c1-13-2-6-16(7-3-13)26-19(27)18-11-10-17(12-24-18)25-15-8-4-14(5-9-15)20(21,22)23/h2-12,25H,1H3,(H,26,27). The van der Waals surface area contributed by atoms with Crippen LogP contribution in [-0.4, -0.2) is 10.9 Å². The lowest BCUT2D eigenvalue weighted by Gasteiger charge is -2.10. The summed E-state index contributed by atoms with van der Waals surface area (Å²) in [4.78, 5) is 16.3. The monoisotopic (exact) mass is 371 g/mol. The Bertz CT molecular complexity index is 919. The molecule has 0 fully saturated rings. The summed E-state index contributed by atoms with van der Waals surface area (Å²) in [6.07, 6.45) is -2.92. The SMILES string of the molecule is Cc1ccc(NC(=O)c2ccc(Nc3ccc(C(F)(F)F)cc3)cn2)cc1. The van der Waals surface area contributed by atoms with Crippen molar-refractivity contribution in [2.24, 2.45) is 0 Å². The molecule has 3 rings (SSSR count). The van der Waals surface area contributed by atoms with Crippen molar-refractivity contribution in [2.75, 3.05) is 10.6 Å². The van der Waals surface area contributed by atoms with E-state index in [0.29, 0.717) is 17.1 Å². The minimum Gasteiger partial charge on any atom is -0.354 e. The lowest BCUT2D eigenvalue weighted by Crippen LogP contribution is -2.13. The van der Waals surface area contributed by atoms with Crippen molar-refractivity contribution in [3.05, 3.63) is 83.7 Å².